The number of unbranched alkanes of at least 4 members (excludes halogenated alkanes) is 6. The molecule has 1 aromatic carbocycles. The van der Waals surface area contributed by atoms with Gasteiger partial charge in [-0.3, -0.25) is 9.97 Å². The molecular formula is C28H30Br2N4S3. The van der Waals surface area contributed by atoms with Crippen molar-refractivity contribution in [3.05, 3.63) is 43.2 Å². The van der Waals surface area contributed by atoms with E-state index in [1.54, 1.807) is 35.1 Å². The Morgan fingerprint density at radius 1 is 0.622 bits per heavy atom. The van der Waals surface area contributed by atoms with Gasteiger partial charge in [0.1, 0.15) is 22.1 Å². The van der Waals surface area contributed by atoms with Gasteiger partial charge in [0.05, 0.1) is 19.3 Å². The molecule has 4 nitrogen and oxygen atoms in total. The number of hydrogen-bond acceptors (Lipinski definition) is 7. The van der Waals surface area contributed by atoms with Crippen molar-refractivity contribution in [2.75, 3.05) is 0 Å². The zero-order valence-electron chi connectivity index (χ0n) is 21.1. The van der Waals surface area contributed by atoms with Gasteiger partial charge in [-0.05, 0) is 80.8 Å². The number of benzene rings is 1. The van der Waals surface area contributed by atoms with Crippen LogP contribution in [0.3, 0.4) is 0 Å². The maximum atomic E-state index is 4.92. The van der Waals surface area contributed by atoms with Gasteiger partial charge in [-0.1, -0.05) is 52.4 Å². The number of aromatic nitrogens is 4. The highest BCUT2D eigenvalue weighted by Crippen LogP contribution is 2.48. The highest BCUT2D eigenvalue weighted by molar-refractivity contribution is 9.11. The third-order valence-electron chi connectivity index (χ3n) is 6.75. The fourth-order valence-corrected chi connectivity index (χ4v) is 8.99. The zero-order chi connectivity index (χ0) is 25.8. The molecule has 0 radical (unpaired) electrons. The Morgan fingerprint density at radius 2 is 1.08 bits per heavy atom. The standard InChI is InChI=1S/C28H30Br2N4S3/c1-3-5-7-9-11-17-15-19(29)35-27(17)21-23-24(32-14-13-31-23)22(26-25(21)33-37-34-26)28-18(16-20(30)36-28)12-10-8-6-4-2/h13-16H,3-12H2,1-2H3. The van der Waals surface area contributed by atoms with E-state index in [4.69, 9.17) is 18.7 Å². The molecular weight excluding hydrogens is 648 g/mol. The topological polar surface area (TPSA) is 51.6 Å². The molecule has 0 atom stereocenters. The Kier molecular flexibility index (Phi) is 9.40. The van der Waals surface area contributed by atoms with Gasteiger partial charge >= 0.3 is 0 Å². The number of nitrogens with zero attached hydrogens (tertiary/aromatic N) is 4. The van der Waals surface area contributed by atoms with Crippen LogP contribution in [0.2, 0.25) is 0 Å². The van der Waals surface area contributed by atoms with Gasteiger partial charge in [-0.2, -0.15) is 8.75 Å². The van der Waals surface area contributed by atoms with Gasteiger partial charge < -0.3 is 0 Å². The van der Waals surface area contributed by atoms with Gasteiger partial charge in [0.2, 0.25) is 0 Å². The molecule has 0 bridgehead atoms. The van der Waals surface area contributed by atoms with Crippen molar-refractivity contribution in [1.29, 1.82) is 0 Å². The zero-order valence-corrected chi connectivity index (χ0v) is 26.8. The van der Waals surface area contributed by atoms with Gasteiger partial charge in [0, 0.05) is 33.3 Å². The van der Waals surface area contributed by atoms with E-state index in [2.05, 4.69) is 57.8 Å². The summed E-state index contributed by atoms with van der Waals surface area (Å²) in [6, 6.07) is 4.55. The van der Waals surface area contributed by atoms with Crippen molar-refractivity contribution >= 4 is 88.3 Å². The number of hydrogen-bond donors (Lipinski definition) is 0. The predicted octanol–water partition coefficient (Wildman–Crippen LogP) is 10.9. The van der Waals surface area contributed by atoms with Gasteiger partial charge in [-0.15, -0.1) is 22.7 Å². The summed E-state index contributed by atoms with van der Waals surface area (Å²) >= 11 is 12.4. The van der Waals surface area contributed by atoms with Crippen molar-refractivity contribution in [3.63, 3.8) is 0 Å². The second-order valence-corrected chi connectivity index (χ2v) is 14.8. The van der Waals surface area contributed by atoms with E-state index in [9.17, 15) is 0 Å². The van der Waals surface area contributed by atoms with E-state index in [0.717, 1.165) is 53.6 Å². The van der Waals surface area contributed by atoms with E-state index in [1.165, 1.54) is 84.0 Å². The van der Waals surface area contributed by atoms with Crippen molar-refractivity contribution in [2.45, 2.75) is 78.1 Å². The lowest BCUT2D eigenvalue weighted by Gasteiger charge is -2.12. The van der Waals surface area contributed by atoms with Crippen molar-refractivity contribution in [1.82, 2.24) is 18.7 Å². The maximum Gasteiger partial charge on any atom is 0.116 e. The second kappa shape index (κ2) is 12.7. The minimum Gasteiger partial charge on any atom is -0.252 e. The Labute approximate surface area is 247 Å². The molecule has 0 saturated heterocycles. The molecule has 0 aliphatic rings. The summed E-state index contributed by atoms with van der Waals surface area (Å²) in [6.45, 7) is 4.52. The van der Waals surface area contributed by atoms with E-state index in [-0.39, 0.29) is 0 Å². The maximum absolute atomic E-state index is 4.92. The molecule has 5 aromatic rings. The van der Waals surface area contributed by atoms with Crippen LogP contribution in [0.15, 0.2) is 32.1 Å². The minimum absolute atomic E-state index is 0.920. The Hall–Kier alpha value is -1.26. The Balaban J connectivity index is 1.67. The molecule has 9 heteroatoms. The van der Waals surface area contributed by atoms with Crippen LogP contribution >= 0.6 is 66.3 Å². The SMILES string of the molecule is CCCCCCc1cc(Br)sc1-c1c2nccnc2c(-c2sc(Br)cc2CCCCCC)c2nsnc12. The molecule has 0 spiro atoms. The lowest BCUT2D eigenvalue weighted by atomic mass is 9.96. The van der Waals surface area contributed by atoms with Crippen LogP contribution in [-0.4, -0.2) is 18.7 Å². The number of halogens is 2. The number of fused-ring (bicyclic) bond motifs is 2. The fourth-order valence-electron chi connectivity index (χ4n) is 4.94. The van der Waals surface area contributed by atoms with Gasteiger partial charge in [-0.25, -0.2) is 0 Å². The average molecular weight is 679 g/mol. The molecule has 0 unspecified atom stereocenters. The Morgan fingerprint density at radius 3 is 1.51 bits per heavy atom. The van der Waals surface area contributed by atoms with Gasteiger partial charge in [0.15, 0.2) is 0 Å². The summed E-state index contributed by atoms with van der Waals surface area (Å²) < 4.78 is 12.0. The van der Waals surface area contributed by atoms with Crippen LogP contribution in [0.1, 0.15) is 76.3 Å². The van der Waals surface area contributed by atoms with Crippen LogP contribution in [0.4, 0.5) is 0 Å². The molecule has 0 aliphatic carbocycles. The summed E-state index contributed by atoms with van der Waals surface area (Å²) in [4.78, 5) is 12.3. The van der Waals surface area contributed by atoms with Crippen molar-refractivity contribution in [3.8, 4) is 20.9 Å². The van der Waals surface area contributed by atoms with Crippen LogP contribution in [0.25, 0.3) is 42.9 Å². The summed E-state index contributed by atoms with van der Waals surface area (Å²) in [7, 11) is 0. The summed E-state index contributed by atoms with van der Waals surface area (Å²) in [5.74, 6) is 0. The first-order valence-electron chi connectivity index (χ1n) is 13.1. The van der Waals surface area contributed by atoms with Crippen LogP contribution in [-0.2, 0) is 12.8 Å². The van der Waals surface area contributed by atoms with Crippen molar-refractivity contribution < 1.29 is 0 Å². The first-order valence-corrected chi connectivity index (χ1v) is 17.0. The van der Waals surface area contributed by atoms with Crippen LogP contribution in [0.5, 0.6) is 0 Å². The predicted molar refractivity (Wildman–Crippen MR) is 168 cm³/mol. The summed E-state index contributed by atoms with van der Waals surface area (Å²) in [5.41, 5.74) is 8.60. The summed E-state index contributed by atoms with van der Waals surface area (Å²) in [5, 5.41) is 0. The molecule has 4 heterocycles. The average Bonchev–Trinajstić information content (AvgIpc) is 3.61. The lowest BCUT2D eigenvalue weighted by Crippen LogP contribution is -1.96. The highest BCUT2D eigenvalue weighted by atomic mass is 79.9. The molecule has 0 saturated carbocycles. The molecule has 0 amide bonds. The van der Waals surface area contributed by atoms with E-state index < -0.39 is 0 Å². The molecule has 37 heavy (non-hydrogen) atoms. The third kappa shape index (κ3) is 5.86. The van der Waals surface area contributed by atoms with Crippen LogP contribution in [0, 0.1) is 0 Å². The molecule has 0 N–H and O–H groups in total. The van der Waals surface area contributed by atoms with E-state index in [0.29, 0.717) is 0 Å². The quantitative estimate of drug-likeness (QED) is 0.123. The first kappa shape index (κ1) is 27.3. The second-order valence-electron chi connectivity index (χ2n) is 9.40. The Bertz CT molecular complexity index is 1390. The van der Waals surface area contributed by atoms with E-state index in [1.807, 2.05) is 0 Å². The lowest BCUT2D eigenvalue weighted by molar-refractivity contribution is 0.668. The highest BCUT2D eigenvalue weighted by Gasteiger charge is 2.26. The molecule has 5 rings (SSSR count). The molecule has 4 aromatic heterocycles. The molecule has 194 valence electrons. The third-order valence-corrected chi connectivity index (χ3v) is 10.7. The first-order chi connectivity index (χ1) is 18.1. The molecule has 0 fully saturated rings. The smallest absolute Gasteiger partial charge is 0.116 e. The minimum atomic E-state index is 0.920. The molecule has 0 aliphatic heterocycles. The van der Waals surface area contributed by atoms with Crippen LogP contribution < -0.4 is 0 Å². The fraction of sp³-hybridized carbons (Fsp3) is 0.429. The normalized spacial score (nSPS) is 11.8. The monoisotopic (exact) mass is 676 g/mol. The number of thiophene rings is 2. The van der Waals surface area contributed by atoms with Gasteiger partial charge in [0.25, 0.3) is 0 Å². The number of rotatable bonds is 12. The van der Waals surface area contributed by atoms with E-state index >= 15 is 0 Å². The largest absolute Gasteiger partial charge is 0.252 e. The number of aryl methyl sites for hydroxylation is 2. The summed E-state index contributed by atoms with van der Waals surface area (Å²) in [6.07, 6.45) is 15.7. The van der Waals surface area contributed by atoms with Crippen molar-refractivity contribution in [2.24, 2.45) is 0 Å².